The van der Waals surface area contributed by atoms with E-state index in [1.807, 2.05) is 0 Å². The molecule has 0 aliphatic rings. The predicted molar refractivity (Wildman–Crippen MR) is 91.9 cm³/mol. The van der Waals surface area contributed by atoms with Gasteiger partial charge in [-0.2, -0.15) is 19.3 Å². The summed E-state index contributed by atoms with van der Waals surface area (Å²) in [6.45, 7) is 24.5. The van der Waals surface area contributed by atoms with Crippen molar-refractivity contribution in [2.24, 2.45) is 17.8 Å². The number of rotatable bonds is 6. The van der Waals surface area contributed by atoms with Crippen LogP contribution in [0.2, 0.25) is 0 Å². The van der Waals surface area contributed by atoms with Gasteiger partial charge in [0, 0.05) is 0 Å². The van der Waals surface area contributed by atoms with Crippen LogP contribution in [0.5, 0.6) is 0 Å². The minimum Gasteiger partial charge on any atom is -0.412 e. The molecular weight excluding hydrogens is 323 g/mol. The maximum absolute atomic E-state index is 3.73. The van der Waals surface area contributed by atoms with Gasteiger partial charge in [-0.25, -0.2) is 0 Å². The molecule has 0 fully saturated rings. The van der Waals surface area contributed by atoms with E-state index in [1.54, 1.807) is 0 Å². The first-order chi connectivity index (χ1) is 8.31. The Morgan fingerprint density at radius 2 is 0.700 bits per heavy atom. The van der Waals surface area contributed by atoms with Gasteiger partial charge < -0.3 is 26.2 Å². The number of hydrogen-bond donors (Lipinski definition) is 0. The zero-order valence-corrected chi connectivity index (χ0v) is 17.6. The second-order valence-corrected chi connectivity index (χ2v) is 6.11. The SMILES string of the molecule is O.[CH2-]CCC(C)C.[CH2-]CCC(C)C.[CH2-]CCC(C)C.[Zr+3]. The van der Waals surface area contributed by atoms with Crippen LogP contribution in [0.4, 0.5) is 0 Å². The third-order valence-electron chi connectivity index (χ3n) is 2.34. The van der Waals surface area contributed by atoms with E-state index in [9.17, 15) is 0 Å². The summed E-state index contributed by atoms with van der Waals surface area (Å²) in [4.78, 5) is 0. The van der Waals surface area contributed by atoms with E-state index in [1.165, 1.54) is 19.3 Å². The molecule has 1 radical (unpaired) electrons. The first-order valence-electron chi connectivity index (χ1n) is 7.69. The van der Waals surface area contributed by atoms with E-state index in [2.05, 4.69) is 62.3 Å². The Bertz CT molecular complexity index is 98.8. The van der Waals surface area contributed by atoms with Crippen LogP contribution in [0, 0.1) is 38.5 Å². The predicted octanol–water partition coefficient (Wildman–Crippen LogP) is 5.94. The van der Waals surface area contributed by atoms with Crippen LogP contribution in [0.25, 0.3) is 0 Å². The maximum Gasteiger partial charge on any atom is 3.00 e. The van der Waals surface area contributed by atoms with Gasteiger partial charge in [0.05, 0.1) is 0 Å². The quantitative estimate of drug-likeness (QED) is 0.522. The van der Waals surface area contributed by atoms with E-state index in [-0.39, 0.29) is 31.7 Å². The normalized spacial score (nSPS) is 9.00. The molecule has 0 atom stereocenters. The molecule has 0 unspecified atom stereocenters. The zero-order valence-electron chi connectivity index (χ0n) is 15.1. The molecule has 0 saturated heterocycles. The first-order valence-corrected chi connectivity index (χ1v) is 7.69. The Labute approximate surface area is 150 Å². The topological polar surface area (TPSA) is 31.5 Å². The summed E-state index contributed by atoms with van der Waals surface area (Å²) < 4.78 is 0. The molecule has 0 aromatic heterocycles. The Kier molecular flexibility index (Phi) is 45.9. The standard InChI is InChI=1S/3C6H13.H2O.Zr/c3*1-4-5-6(2)3;;/h3*6H,1,4-5H2,2-3H3;1H2;/q3*-1;;+3. The van der Waals surface area contributed by atoms with Crippen LogP contribution < -0.4 is 0 Å². The van der Waals surface area contributed by atoms with Gasteiger partial charge in [-0.1, -0.05) is 60.8 Å². The summed E-state index contributed by atoms with van der Waals surface area (Å²) >= 11 is 0. The van der Waals surface area contributed by atoms with Crippen molar-refractivity contribution < 1.29 is 31.7 Å². The molecule has 0 spiro atoms. The molecule has 1 nitrogen and oxygen atoms in total. The molecule has 0 bridgehead atoms. The van der Waals surface area contributed by atoms with E-state index in [0.29, 0.717) is 0 Å². The van der Waals surface area contributed by atoms with Crippen molar-refractivity contribution in [2.75, 3.05) is 0 Å². The van der Waals surface area contributed by atoms with Crippen LogP contribution in [0.1, 0.15) is 80.1 Å². The van der Waals surface area contributed by atoms with E-state index in [0.717, 1.165) is 37.0 Å². The molecule has 2 heteroatoms. The maximum atomic E-state index is 3.73. The van der Waals surface area contributed by atoms with Gasteiger partial charge in [0.1, 0.15) is 0 Å². The van der Waals surface area contributed by atoms with Gasteiger partial charge in [0.2, 0.25) is 0 Å². The summed E-state index contributed by atoms with van der Waals surface area (Å²) in [5.41, 5.74) is 0. The average Bonchev–Trinajstić information content (AvgIpc) is 2.18. The zero-order chi connectivity index (χ0) is 15.0. The van der Waals surface area contributed by atoms with Crippen LogP contribution in [0.15, 0.2) is 0 Å². The fourth-order valence-electron chi connectivity index (χ4n) is 1.22. The van der Waals surface area contributed by atoms with Gasteiger partial charge in [0.15, 0.2) is 0 Å². The second kappa shape index (κ2) is 28.1. The molecule has 0 rings (SSSR count). The molecule has 0 aromatic rings. The van der Waals surface area contributed by atoms with Crippen LogP contribution in [0.3, 0.4) is 0 Å². The third-order valence-corrected chi connectivity index (χ3v) is 2.34. The van der Waals surface area contributed by atoms with Crippen LogP contribution >= 0.6 is 0 Å². The molecular formula is C18H41OZr. The molecule has 0 aliphatic carbocycles. The van der Waals surface area contributed by atoms with Crippen molar-refractivity contribution in [3.63, 3.8) is 0 Å². The van der Waals surface area contributed by atoms with Crippen molar-refractivity contribution in [3.05, 3.63) is 20.8 Å². The Morgan fingerprint density at radius 1 is 0.550 bits per heavy atom. The average molecular weight is 365 g/mol. The van der Waals surface area contributed by atoms with Gasteiger partial charge in [-0.3, -0.25) is 0 Å². The third kappa shape index (κ3) is 61.9. The van der Waals surface area contributed by atoms with E-state index >= 15 is 0 Å². The molecule has 0 aliphatic heterocycles. The summed E-state index contributed by atoms with van der Waals surface area (Å²) in [7, 11) is 0. The van der Waals surface area contributed by atoms with Gasteiger partial charge in [-0.15, -0.1) is 0 Å². The van der Waals surface area contributed by atoms with Gasteiger partial charge >= 0.3 is 26.2 Å². The van der Waals surface area contributed by atoms with E-state index < -0.39 is 0 Å². The van der Waals surface area contributed by atoms with E-state index in [4.69, 9.17) is 0 Å². The summed E-state index contributed by atoms with van der Waals surface area (Å²) in [6, 6.07) is 0. The smallest absolute Gasteiger partial charge is 0.412 e. The number of hydrogen-bond acceptors (Lipinski definition) is 0. The molecule has 0 amide bonds. The monoisotopic (exact) mass is 363 g/mol. The van der Waals surface area contributed by atoms with Crippen LogP contribution in [-0.4, -0.2) is 5.48 Å². The Hall–Kier alpha value is 0.843. The van der Waals surface area contributed by atoms with Crippen molar-refractivity contribution in [3.8, 4) is 0 Å². The van der Waals surface area contributed by atoms with Crippen LogP contribution in [-0.2, 0) is 26.2 Å². The Balaban J connectivity index is -0.0000000536. The Morgan fingerprint density at radius 3 is 0.700 bits per heavy atom. The molecule has 0 heterocycles. The van der Waals surface area contributed by atoms with Crippen molar-refractivity contribution in [1.29, 1.82) is 0 Å². The molecule has 0 aromatic carbocycles. The summed E-state index contributed by atoms with van der Waals surface area (Å²) in [5, 5.41) is 0. The van der Waals surface area contributed by atoms with Crippen molar-refractivity contribution in [2.45, 2.75) is 80.1 Å². The van der Waals surface area contributed by atoms with Crippen molar-refractivity contribution in [1.82, 2.24) is 0 Å². The van der Waals surface area contributed by atoms with Gasteiger partial charge in [-0.05, 0) is 17.8 Å². The summed E-state index contributed by atoms with van der Waals surface area (Å²) in [5.74, 6) is 2.51. The largest absolute Gasteiger partial charge is 3.00 e. The first kappa shape index (κ1) is 32.7. The summed E-state index contributed by atoms with van der Waals surface area (Å²) in [6.07, 6.45) is 7.03. The van der Waals surface area contributed by atoms with Crippen molar-refractivity contribution >= 4 is 0 Å². The molecule has 123 valence electrons. The molecule has 2 N–H and O–H groups in total. The molecule has 20 heavy (non-hydrogen) atoms. The van der Waals surface area contributed by atoms with Gasteiger partial charge in [0.25, 0.3) is 0 Å². The second-order valence-electron chi connectivity index (χ2n) is 6.11. The minimum absolute atomic E-state index is 0. The minimum atomic E-state index is 0. The molecule has 0 saturated carbocycles. The fourth-order valence-corrected chi connectivity index (χ4v) is 1.22. The fraction of sp³-hybridized carbons (Fsp3) is 0.833.